The lowest BCUT2D eigenvalue weighted by molar-refractivity contribution is 0.0728. The number of esters is 1. The summed E-state index contributed by atoms with van der Waals surface area (Å²) in [6, 6.07) is 17.5. The maximum absolute atomic E-state index is 13.9. The molecule has 3 rings (SSSR count). The molecular formula is C22H18F2O3. The number of hydrogen-bond donors (Lipinski definition) is 0. The van der Waals surface area contributed by atoms with Crippen LogP contribution in [0, 0.1) is 11.6 Å². The summed E-state index contributed by atoms with van der Waals surface area (Å²) in [5.41, 5.74) is 1.41. The lowest BCUT2D eigenvalue weighted by atomic mass is 9.92. The standard InChI is InChI=1S/C22H18F2O3/c1-14(15-6-4-3-5-7-15)19-13-17(26-2)9-11-21(19)27-22(25)18-10-8-16(23)12-20(18)24/h3-14H,1-2H3. The summed E-state index contributed by atoms with van der Waals surface area (Å²) in [7, 11) is 1.55. The predicted octanol–water partition coefficient (Wildman–Crippen LogP) is 5.34. The molecule has 0 amide bonds. The first kappa shape index (κ1) is 18.6. The molecule has 5 heteroatoms. The summed E-state index contributed by atoms with van der Waals surface area (Å²) in [6.07, 6.45) is 0. The number of hydrogen-bond acceptors (Lipinski definition) is 3. The van der Waals surface area contributed by atoms with E-state index in [2.05, 4.69) is 0 Å². The maximum Gasteiger partial charge on any atom is 0.346 e. The summed E-state index contributed by atoms with van der Waals surface area (Å²) in [5.74, 6) is -1.80. The second-order valence-corrected chi connectivity index (χ2v) is 6.05. The molecule has 0 bridgehead atoms. The van der Waals surface area contributed by atoms with E-state index in [1.54, 1.807) is 25.3 Å². The molecule has 0 fully saturated rings. The monoisotopic (exact) mass is 368 g/mol. The highest BCUT2D eigenvalue weighted by atomic mass is 19.1. The largest absolute Gasteiger partial charge is 0.497 e. The minimum atomic E-state index is -0.967. The van der Waals surface area contributed by atoms with Crippen LogP contribution in [0.4, 0.5) is 8.78 Å². The van der Waals surface area contributed by atoms with E-state index in [0.717, 1.165) is 23.3 Å². The Labute approximate surface area is 156 Å². The van der Waals surface area contributed by atoms with Gasteiger partial charge in [0.05, 0.1) is 12.7 Å². The highest BCUT2D eigenvalue weighted by Gasteiger charge is 2.20. The molecule has 0 aliphatic rings. The zero-order valence-electron chi connectivity index (χ0n) is 14.9. The fourth-order valence-corrected chi connectivity index (χ4v) is 2.82. The molecule has 0 aromatic heterocycles. The molecule has 0 aliphatic heterocycles. The Kier molecular flexibility index (Phi) is 5.50. The third-order valence-corrected chi connectivity index (χ3v) is 4.34. The Bertz CT molecular complexity index is 955. The van der Waals surface area contributed by atoms with Crippen LogP contribution in [-0.2, 0) is 0 Å². The molecule has 0 spiro atoms. The number of halogens is 2. The van der Waals surface area contributed by atoms with E-state index in [9.17, 15) is 13.6 Å². The summed E-state index contributed by atoms with van der Waals surface area (Å²) in [4.78, 5) is 12.4. The highest BCUT2D eigenvalue weighted by Crippen LogP contribution is 2.35. The van der Waals surface area contributed by atoms with Crippen LogP contribution in [0.1, 0.15) is 34.3 Å². The zero-order valence-corrected chi connectivity index (χ0v) is 14.9. The topological polar surface area (TPSA) is 35.5 Å². The Morgan fingerprint density at radius 3 is 2.37 bits per heavy atom. The van der Waals surface area contributed by atoms with Crippen LogP contribution in [0.3, 0.4) is 0 Å². The summed E-state index contributed by atoms with van der Waals surface area (Å²) in [5, 5.41) is 0. The van der Waals surface area contributed by atoms with Gasteiger partial charge in [-0.15, -0.1) is 0 Å². The van der Waals surface area contributed by atoms with Crippen LogP contribution in [0.2, 0.25) is 0 Å². The molecule has 138 valence electrons. The van der Waals surface area contributed by atoms with Gasteiger partial charge >= 0.3 is 5.97 Å². The van der Waals surface area contributed by atoms with Crippen LogP contribution in [-0.4, -0.2) is 13.1 Å². The first-order chi connectivity index (χ1) is 13.0. The first-order valence-corrected chi connectivity index (χ1v) is 8.39. The van der Waals surface area contributed by atoms with E-state index in [0.29, 0.717) is 17.6 Å². The van der Waals surface area contributed by atoms with E-state index in [-0.39, 0.29) is 11.5 Å². The van der Waals surface area contributed by atoms with Gasteiger partial charge in [0.1, 0.15) is 23.1 Å². The van der Waals surface area contributed by atoms with Crippen molar-refractivity contribution < 1.29 is 23.0 Å². The fraction of sp³-hybridized carbons (Fsp3) is 0.136. The van der Waals surface area contributed by atoms with Gasteiger partial charge in [-0.3, -0.25) is 0 Å². The number of benzene rings is 3. The predicted molar refractivity (Wildman–Crippen MR) is 98.3 cm³/mol. The van der Waals surface area contributed by atoms with Crippen molar-refractivity contribution in [3.8, 4) is 11.5 Å². The number of rotatable bonds is 5. The zero-order chi connectivity index (χ0) is 19.4. The van der Waals surface area contributed by atoms with Gasteiger partial charge in [0, 0.05) is 17.5 Å². The van der Waals surface area contributed by atoms with Crippen molar-refractivity contribution in [2.75, 3.05) is 7.11 Å². The van der Waals surface area contributed by atoms with Crippen LogP contribution < -0.4 is 9.47 Å². The third-order valence-electron chi connectivity index (χ3n) is 4.34. The van der Waals surface area contributed by atoms with Crippen LogP contribution in [0.25, 0.3) is 0 Å². The molecular weight excluding hydrogens is 350 g/mol. The molecule has 0 saturated heterocycles. The van der Waals surface area contributed by atoms with Crippen molar-refractivity contribution in [1.82, 2.24) is 0 Å². The van der Waals surface area contributed by atoms with E-state index in [1.807, 2.05) is 37.3 Å². The van der Waals surface area contributed by atoms with Crippen LogP contribution in [0.5, 0.6) is 11.5 Å². The third kappa shape index (κ3) is 4.14. The second-order valence-electron chi connectivity index (χ2n) is 6.05. The molecule has 1 atom stereocenters. The number of carbonyl (C=O) groups is 1. The van der Waals surface area contributed by atoms with Crippen molar-refractivity contribution in [1.29, 1.82) is 0 Å². The SMILES string of the molecule is COc1ccc(OC(=O)c2ccc(F)cc2F)c(C(C)c2ccccc2)c1. The van der Waals surface area contributed by atoms with E-state index >= 15 is 0 Å². The Balaban J connectivity index is 1.96. The van der Waals surface area contributed by atoms with Crippen LogP contribution >= 0.6 is 0 Å². The second kappa shape index (κ2) is 7.99. The van der Waals surface area contributed by atoms with Gasteiger partial charge in [0.25, 0.3) is 0 Å². The highest BCUT2D eigenvalue weighted by molar-refractivity contribution is 5.91. The summed E-state index contributed by atoms with van der Waals surface area (Å²) in [6.45, 7) is 1.97. The summed E-state index contributed by atoms with van der Waals surface area (Å²) < 4.78 is 37.7. The van der Waals surface area contributed by atoms with Gasteiger partial charge in [-0.05, 0) is 35.9 Å². The van der Waals surface area contributed by atoms with Gasteiger partial charge < -0.3 is 9.47 Å². The van der Waals surface area contributed by atoms with E-state index in [1.165, 1.54) is 0 Å². The minimum Gasteiger partial charge on any atom is -0.497 e. The van der Waals surface area contributed by atoms with Crippen molar-refractivity contribution in [2.45, 2.75) is 12.8 Å². The van der Waals surface area contributed by atoms with Crippen molar-refractivity contribution >= 4 is 5.97 Å². The van der Waals surface area contributed by atoms with Gasteiger partial charge in [-0.25, -0.2) is 13.6 Å². The minimum absolute atomic E-state index is 0.0952. The number of carbonyl (C=O) groups excluding carboxylic acids is 1. The average Bonchev–Trinajstić information content (AvgIpc) is 2.68. The molecule has 0 heterocycles. The summed E-state index contributed by atoms with van der Waals surface area (Å²) >= 11 is 0. The molecule has 27 heavy (non-hydrogen) atoms. The lowest BCUT2D eigenvalue weighted by Gasteiger charge is -2.18. The molecule has 0 aliphatic carbocycles. The lowest BCUT2D eigenvalue weighted by Crippen LogP contribution is -2.13. The van der Waals surface area contributed by atoms with Crippen molar-refractivity contribution in [3.05, 3.63) is 95.1 Å². The Hall–Kier alpha value is -3.21. The molecule has 0 radical (unpaired) electrons. The average molecular weight is 368 g/mol. The van der Waals surface area contributed by atoms with Crippen LogP contribution in [0.15, 0.2) is 66.7 Å². The van der Waals surface area contributed by atoms with Crippen molar-refractivity contribution in [2.24, 2.45) is 0 Å². The molecule has 0 saturated carbocycles. The van der Waals surface area contributed by atoms with Crippen molar-refractivity contribution in [3.63, 3.8) is 0 Å². The normalized spacial score (nSPS) is 11.7. The van der Waals surface area contributed by atoms with E-state index in [4.69, 9.17) is 9.47 Å². The molecule has 3 nitrogen and oxygen atoms in total. The Morgan fingerprint density at radius 2 is 1.70 bits per heavy atom. The molecule has 0 N–H and O–H groups in total. The first-order valence-electron chi connectivity index (χ1n) is 8.39. The van der Waals surface area contributed by atoms with Gasteiger partial charge in [-0.1, -0.05) is 37.3 Å². The van der Waals surface area contributed by atoms with E-state index < -0.39 is 17.6 Å². The molecule has 1 unspecified atom stereocenters. The smallest absolute Gasteiger partial charge is 0.346 e. The maximum atomic E-state index is 13.9. The van der Waals surface area contributed by atoms with Gasteiger partial charge in [-0.2, -0.15) is 0 Å². The number of ether oxygens (including phenoxy) is 2. The Morgan fingerprint density at radius 1 is 0.963 bits per heavy atom. The quantitative estimate of drug-likeness (QED) is 0.450. The fourth-order valence-electron chi connectivity index (χ4n) is 2.82. The molecule has 3 aromatic rings. The van der Waals surface area contributed by atoms with Gasteiger partial charge in [0.2, 0.25) is 0 Å². The molecule has 3 aromatic carbocycles. The van der Waals surface area contributed by atoms with Gasteiger partial charge in [0.15, 0.2) is 0 Å². The number of methoxy groups -OCH3 is 1.